The van der Waals surface area contributed by atoms with Crippen LogP contribution in [0.5, 0.6) is 11.8 Å². The molecule has 0 aliphatic heterocycles. The molecule has 0 fully saturated rings. The minimum Gasteiger partial charge on any atom is -0.420 e. The number of benzene rings is 2. The first-order valence-electron chi connectivity index (χ1n) is 14.0. The van der Waals surface area contributed by atoms with Crippen molar-refractivity contribution in [2.24, 2.45) is 0 Å². The van der Waals surface area contributed by atoms with Crippen molar-refractivity contribution in [3.63, 3.8) is 0 Å². The molecule has 2 heterocycles. The van der Waals surface area contributed by atoms with Gasteiger partial charge in [0.1, 0.15) is 23.3 Å². The molecule has 4 aromatic rings. The maximum Gasteiger partial charge on any atom is 0.228 e. The fraction of sp³-hybridized carbons (Fsp3) is 0.375. The summed E-state index contributed by atoms with van der Waals surface area (Å²) in [6.07, 6.45) is 7.41. The smallest absolute Gasteiger partial charge is 0.228 e. The summed E-state index contributed by atoms with van der Waals surface area (Å²) in [7, 11) is 0. The van der Waals surface area contributed by atoms with E-state index in [-0.39, 0.29) is 11.6 Å². The van der Waals surface area contributed by atoms with Crippen molar-refractivity contribution >= 4 is 31.9 Å². The zero-order valence-corrected chi connectivity index (χ0v) is 26.6. The second kappa shape index (κ2) is 15.4. The van der Waals surface area contributed by atoms with Gasteiger partial charge in [-0.2, -0.15) is 9.97 Å². The van der Waals surface area contributed by atoms with Crippen LogP contribution in [-0.2, 0) is 12.8 Å². The third kappa shape index (κ3) is 8.61. The van der Waals surface area contributed by atoms with Gasteiger partial charge in [0.2, 0.25) is 11.8 Å². The zero-order chi connectivity index (χ0) is 29.2. The second-order valence-corrected chi connectivity index (χ2v) is 11.5. The third-order valence-electron chi connectivity index (χ3n) is 6.71. The van der Waals surface area contributed by atoms with Crippen molar-refractivity contribution in [3.05, 3.63) is 82.9 Å². The van der Waals surface area contributed by atoms with E-state index in [0.29, 0.717) is 36.3 Å². The van der Waals surface area contributed by atoms with Crippen LogP contribution >= 0.6 is 31.9 Å². The monoisotopic (exact) mass is 686 g/mol. The molecule has 0 N–H and O–H groups in total. The largest absolute Gasteiger partial charge is 0.420 e. The van der Waals surface area contributed by atoms with E-state index in [1.54, 1.807) is 24.3 Å². The summed E-state index contributed by atoms with van der Waals surface area (Å²) in [5.74, 6) is 1.38. The third-order valence-corrected chi connectivity index (χ3v) is 7.83. The van der Waals surface area contributed by atoms with E-state index in [0.717, 1.165) is 82.8 Å². The van der Waals surface area contributed by atoms with Gasteiger partial charge in [0.15, 0.2) is 0 Å². The van der Waals surface area contributed by atoms with Crippen LogP contribution in [0, 0.1) is 25.5 Å². The summed E-state index contributed by atoms with van der Waals surface area (Å²) in [6.45, 7) is 3.65. The Kier molecular flexibility index (Phi) is 11.7. The molecule has 0 aliphatic carbocycles. The molecule has 0 radical (unpaired) electrons. The Hall–Kier alpha value is -2.78. The molecule has 0 unspecified atom stereocenters. The number of halogens is 4. The van der Waals surface area contributed by atoms with Crippen LogP contribution in [0.25, 0.3) is 22.5 Å². The number of aromatic nitrogens is 4. The van der Waals surface area contributed by atoms with Gasteiger partial charge in [0.25, 0.3) is 0 Å². The molecule has 2 aromatic heterocycles. The molecule has 216 valence electrons. The number of unbranched alkanes of at least 4 members (excludes halogenated alkanes) is 4. The predicted molar refractivity (Wildman–Crippen MR) is 167 cm³/mol. The van der Waals surface area contributed by atoms with Crippen molar-refractivity contribution in [3.8, 4) is 34.3 Å². The van der Waals surface area contributed by atoms with E-state index in [1.165, 1.54) is 24.3 Å². The van der Waals surface area contributed by atoms with Crippen LogP contribution < -0.4 is 4.74 Å². The highest BCUT2D eigenvalue weighted by atomic mass is 79.9. The number of hydrogen-bond donors (Lipinski definition) is 0. The summed E-state index contributed by atoms with van der Waals surface area (Å²) in [6, 6.07) is 12.7. The van der Waals surface area contributed by atoms with E-state index >= 15 is 0 Å². The standard InChI is InChI=1S/C32H34Br2F2N4O/c1-21-37-29(23-11-15-25(35)16-12-23)27(9-5-3-7-19-33)31(39-21)41-32-28(10-6-4-8-20-34)30(38-22(2)40-32)24-13-17-26(36)18-14-24/h11-18H,3-10,19-20H2,1-2H3. The lowest BCUT2D eigenvalue weighted by atomic mass is 10.0. The Balaban J connectivity index is 1.82. The summed E-state index contributed by atoms with van der Waals surface area (Å²) >= 11 is 7.03. The lowest BCUT2D eigenvalue weighted by molar-refractivity contribution is 0.425. The van der Waals surface area contributed by atoms with Crippen LogP contribution in [0.2, 0.25) is 0 Å². The summed E-state index contributed by atoms with van der Waals surface area (Å²) in [5.41, 5.74) is 4.80. The average molecular weight is 688 g/mol. The highest BCUT2D eigenvalue weighted by molar-refractivity contribution is 9.09. The van der Waals surface area contributed by atoms with Crippen LogP contribution in [0.3, 0.4) is 0 Å². The highest BCUT2D eigenvalue weighted by Gasteiger charge is 2.22. The van der Waals surface area contributed by atoms with Gasteiger partial charge in [0.05, 0.1) is 11.4 Å². The number of aryl methyl sites for hydroxylation is 2. The number of nitrogens with zero attached hydrogens (tertiary/aromatic N) is 4. The molecule has 0 amide bonds. The number of hydrogen-bond acceptors (Lipinski definition) is 5. The molecular weight excluding hydrogens is 654 g/mol. The van der Waals surface area contributed by atoms with E-state index in [1.807, 2.05) is 13.8 Å². The maximum atomic E-state index is 13.8. The summed E-state index contributed by atoms with van der Waals surface area (Å²) < 4.78 is 34.2. The van der Waals surface area contributed by atoms with Crippen LogP contribution in [-0.4, -0.2) is 30.6 Å². The minimum atomic E-state index is -0.302. The Morgan fingerprint density at radius 2 is 0.951 bits per heavy atom. The second-order valence-electron chi connectivity index (χ2n) is 9.92. The lowest BCUT2D eigenvalue weighted by Gasteiger charge is -2.18. The quantitative estimate of drug-likeness (QED) is 0.0976. The summed E-state index contributed by atoms with van der Waals surface area (Å²) in [4.78, 5) is 19.0. The molecule has 0 saturated carbocycles. The maximum absolute atomic E-state index is 13.8. The molecule has 0 bridgehead atoms. The van der Waals surface area contributed by atoms with Gasteiger partial charge in [-0.15, -0.1) is 0 Å². The number of rotatable bonds is 14. The van der Waals surface area contributed by atoms with E-state index in [2.05, 4.69) is 31.9 Å². The first kappa shape index (κ1) is 31.2. The van der Waals surface area contributed by atoms with Gasteiger partial charge in [0, 0.05) is 32.9 Å². The van der Waals surface area contributed by atoms with Crippen molar-refractivity contribution in [1.82, 2.24) is 19.9 Å². The topological polar surface area (TPSA) is 60.8 Å². The molecule has 0 saturated heterocycles. The van der Waals surface area contributed by atoms with Crippen molar-refractivity contribution in [1.29, 1.82) is 0 Å². The minimum absolute atomic E-state index is 0.302. The Bertz CT molecular complexity index is 1320. The van der Waals surface area contributed by atoms with Gasteiger partial charge in [-0.3, -0.25) is 0 Å². The molecule has 0 spiro atoms. The van der Waals surface area contributed by atoms with Crippen molar-refractivity contribution in [2.75, 3.05) is 10.7 Å². The fourth-order valence-electron chi connectivity index (χ4n) is 4.69. The summed E-state index contributed by atoms with van der Waals surface area (Å²) in [5, 5.41) is 1.88. The first-order chi connectivity index (χ1) is 19.9. The van der Waals surface area contributed by atoms with Gasteiger partial charge in [-0.05, 0) is 101 Å². The van der Waals surface area contributed by atoms with Crippen molar-refractivity contribution in [2.45, 2.75) is 65.2 Å². The van der Waals surface area contributed by atoms with Gasteiger partial charge >= 0.3 is 0 Å². The molecule has 5 nitrogen and oxygen atoms in total. The average Bonchev–Trinajstić information content (AvgIpc) is 2.95. The Morgan fingerprint density at radius 1 is 0.561 bits per heavy atom. The molecule has 4 rings (SSSR count). The molecule has 41 heavy (non-hydrogen) atoms. The van der Waals surface area contributed by atoms with E-state index in [9.17, 15) is 8.78 Å². The van der Waals surface area contributed by atoms with Crippen molar-refractivity contribution < 1.29 is 13.5 Å². The van der Waals surface area contributed by atoms with Gasteiger partial charge in [-0.25, -0.2) is 18.7 Å². The van der Waals surface area contributed by atoms with Crippen LogP contribution in [0.1, 0.15) is 61.3 Å². The zero-order valence-electron chi connectivity index (χ0n) is 23.4. The Labute approximate surface area is 257 Å². The first-order valence-corrected chi connectivity index (χ1v) is 16.2. The Morgan fingerprint density at radius 3 is 1.32 bits per heavy atom. The van der Waals surface area contributed by atoms with Crippen LogP contribution in [0.4, 0.5) is 8.78 Å². The SMILES string of the molecule is Cc1nc(Oc2nc(C)nc(-c3ccc(F)cc3)c2CCCCCBr)c(CCCCCBr)c(-c2ccc(F)cc2)n1. The molecular formula is C32H34Br2F2N4O. The number of ether oxygens (including phenoxy) is 1. The molecule has 2 aromatic carbocycles. The van der Waals surface area contributed by atoms with Crippen LogP contribution in [0.15, 0.2) is 48.5 Å². The van der Waals surface area contributed by atoms with Gasteiger partial charge in [-0.1, -0.05) is 44.7 Å². The number of alkyl halides is 2. The predicted octanol–water partition coefficient (Wildman–Crippen LogP) is 9.50. The van der Waals surface area contributed by atoms with E-state index in [4.69, 9.17) is 24.7 Å². The van der Waals surface area contributed by atoms with E-state index < -0.39 is 0 Å². The molecule has 0 aliphatic rings. The molecule has 0 atom stereocenters. The lowest BCUT2D eigenvalue weighted by Crippen LogP contribution is -2.08. The normalized spacial score (nSPS) is 11.2. The highest BCUT2D eigenvalue weighted by Crippen LogP contribution is 2.36. The van der Waals surface area contributed by atoms with Gasteiger partial charge < -0.3 is 4.74 Å². The molecule has 9 heteroatoms. The fourth-order valence-corrected chi connectivity index (χ4v) is 5.48.